The van der Waals surface area contributed by atoms with Gasteiger partial charge in [-0.15, -0.1) is 11.3 Å². The average Bonchev–Trinajstić information content (AvgIpc) is 2.49. The van der Waals surface area contributed by atoms with Crippen LogP contribution in [0.3, 0.4) is 0 Å². The molecule has 0 atom stereocenters. The lowest BCUT2D eigenvalue weighted by Crippen LogP contribution is -2.14. The Morgan fingerprint density at radius 3 is 2.53 bits per heavy atom. The van der Waals surface area contributed by atoms with Crippen LogP contribution in [0.15, 0.2) is 23.6 Å². The van der Waals surface area contributed by atoms with Crippen molar-refractivity contribution in [3.63, 3.8) is 0 Å². The minimum absolute atomic E-state index is 0.375. The molecule has 1 aromatic heterocycles. The molecule has 0 fully saturated rings. The van der Waals surface area contributed by atoms with Gasteiger partial charge in [0, 0.05) is 12.0 Å². The Hall–Kier alpha value is -1.10. The molecular weight excluding hydrogens is 225 g/mol. The SMILES string of the molecule is C=C(CC(=O)c1sccc1C)C(F)(F)F. The van der Waals surface area contributed by atoms with E-state index in [1.165, 1.54) is 0 Å². The summed E-state index contributed by atoms with van der Waals surface area (Å²) in [6.45, 7) is 4.56. The summed E-state index contributed by atoms with van der Waals surface area (Å²) in [5, 5.41) is 1.68. The molecule has 0 aliphatic carbocycles. The molecule has 15 heavy (non-hydrogen) atoms. The maximum Gasteiger partial charge on any atom is 0.412 e. The summed E-state index contributed by atoms with van der Waals surface area (Å²) in [5.74, 6) is -0.523. The molecule has 0 unspecified atom stereocenters. The molecule has 1 rings (SSSR count). The van der Waals surface area contributed by atoms with Crippen LogP contribution in [-0.2, 0) is 0 Å². The third kappa shape index (κ3) is 2.92. The highest BCUT2D eigenvalue weighted by Gasteiger charge is 2.33. The zero-order chi connectivity index (χ0) is 11.6. The second-order valence-electron chi connectivity index (χ2n) is 3.13. The fourth-order valence-electron chi connectivity index (χ4n) is 1.03. The lowest BCUT2D eigenvalue weighted by Gasteiger charge is -2.08. The van der Waals surface area contributed by atoms with Gasteiger partial charge in [0.15, 0.2) is 5.78 Å². The third-order valence-electron chi connectivity index (χ3n) is 1.89. The molecule has 0 spiro atoms. The largest absolute Gasteiger partial charge is 0.412 e. The summed E-state index contributed by atoms with van der Waals surface area (Å²) in [5.41, 5.74) is -0.291. The van der Waals surface area contributed by atoms with E-state index in [0.717, 1.165) is 11.3 Å². The van der Waals surface area contributed by atoms with E-state index in [1.807, 2.05) is 0 Å². The molecule has 5 heteroatoms. The van der Waals surface area contributed by atoms with Crippen molar-refractivity contribution in [2.75, 3.05) is 0 Å². The van der Waals surface area contributed by atoms with Gasteiger partial charge in [0.1, 0.15) is 0 Å². The van der Waals surface area contributed by atoms with Crippen molar-refractivity contribution < 1.29 is 18.0 Å². The van der Waals surface area contributed by atoms with E-state index >= 15 is 0 Å². The first-order valence-corrected chi connectivity index (χ1v) is 5.02. The summed E-state index contributed by atoms with van der Waals surface area (Å²) >= 11 is 1.15. The molecule has 0 saturated carbocycles. The fourth-order valence-corrected chi connectivity index (χ4v) is 1.90. The van der Waals surface area contributed by atoms with E-state index in [0.29, 0.717) is 10.4 Å². The van der Waals surface area contributed by atoms with E-state index in [1.54, 1.807) is 18.4 Å². The van der Waals surface area contributed by atoms with Gasteiger partial charge in [-0.25, -0.2) is 0 Å². The van der Waals surface area contributed by atoms with Gasteiger partial charge in [-0.05, 0) is 23.9 Å². The maximum absolute atomic E-state index is 12.1. The molecule has 0 amide bonds. The predicted molar refractivity (Wildman–Crippen MR) is 53.2 cm³/mol. The molecule has 0 N–H and O–H groups in total. The summed E-state index contributed by atoms with van der Waals surface area (Å²) < 4.78 is 36.3. The zero-order valence-corrected chi connectivity index (χ0v) is 8.84. The molecule has 1 nitrogen and oxygen atoms in total. The molecular formula is C10H9F3OS. The number of carbonyl (C=O) groups excluding carboxylic acids is 1. The van der Waals surface area contributed by atoms with Gasteiger partial charge in [-0.2, -0.15) is 13.2 Å². The van der Waals surface area contributed by atoms with E-state index in [9.17, 15) is 18.0 Å². The Labute approximate surface area is 89.2 Å². The van der Waals surface area contributed by atoms with Crippen molar-refractivity contribution in [3.8, 4) is 0 Å². The summed E-state index contributed by atoms with van der Waals surface area (Å²) in [7, 11) is 0. The Morgan fingerprint density at radius 1 is 1.53 bits per heavy atom. The van der Waals surface area contributed by atoms with E-state index in [4.69, 9.17) is 0 Å². The van der Waals surface area contributed by atoms with Crippen molar-refractivity contribution >= 4 is 17.1 Å². The zero-order valence-electron chi connectivity index (χ0n) is 8.02. The fraction of sp³-hybridized carbons (Fsp3) is 0.300. The van der Waals surface area contributed by atoms with Gasteiger partial charge < -0.3 is 0 Å². The highest BCUT2D eigenvalue weighted by atomic mass is 32.1. The van der Waals surface area contributed by atoms with Crippen molar-refractivity contribution in [2.45, 2.75) is 19.5 Å². The van der Waals surface area contributed by atoms with Crippen LogP contribution in [0.4, 0.5) is 13.2 Å². The summed E-state index contributed by atoms with van der Waals surface area (Å²) in [6.07, 6.45) is -5.15. The van der Waals surface area contributed by atoms with E-state index in [-0.39, 0.29) is 0 Å². The number of carbonyl (C=O) groups is 1. The Balaban J connectivity index is 2.74. The molecule has 82 valence electrons. The number of ketones is 1. The smallest absolute Gasteiger partial charge is 0.293 e. The first-order valence-electron chi connectivity index (χ1n) is 4.14. The Kier molecular flexibility index (Phi) is 3.34. The van der Waals surface area contributed by atoms with Gasteiger partial charge in [0.25, 0.3) is 0 Å². The topological polar surface area (TPSA) is 17.1 Å². The van der Waals surface area contributed by atoms with Crippen LogP contribution in [0.2, 0.25) is 0 Å². The van der Waals surface area contributed by atoms with Crippen molar-refractivity contribution in [1.82, 2.24) is 0 Å². The number of halogens is 3. The van der Waals surface area contributed by atoms with Crippen LogP contribution < -0.4 is 0 Å². The van der Waals surface area contributed by atoms with Crippen molar-refractivity contribution in [3.05, 3.63) is 34.0 Å². The molecule has 0 aliphatic rings. The number of hydrogen-bond acceptors (Lipinski definition) is 2. The first kappa shape index (κ1) is 12.0. The van der Waals surface area contributed by atoms with Crippen molar-refractivity contribution in [2.24, 2.45) is 0 Å². The normalized spacial score (nSPS) is 11.5. The molecule has 0 saturated heterocycles. The van der Waals surface area contributed by atoms with Gasteiger partial charge >= 0.3 is 6.18 Å². The predicted octanol–water partition coefficient (Wildman–Crippen LogP) is 3.75. The number of alkyl halides is 3. The van der Waals surface area contributed by atoms with Gasteiger partial charge in [-0.3, -0.25) is 4.79 Å². The van der Waals surface area contributed by atoms with Crippen LogP contribution in [0.25, 0.3) is 0 Å². The number of hydrogen-bond donors (Lipinski definition) is 0. The van der Waals surface area contributed by atoms with Crippen LogP contribution in [0, 0.1) is 6.92 Å². The lowest BCUT2D eigenvalue weighted by atomic mass is 10.1. The second-order valence-corrected chi connectivity index (χ2v) is 4.05. The van der Waals surface area contributed by atoms with Crippen LogP contribution in [-0.4, -0.2) is 12.0 Å². The molecule has 0 bridgehead atoms. The van der Waals surface area contributed by atoms with Crippen LogP contribution in [0.1, 0.15) is 21.7 Å². The summed E-state index contributed by atoms with van der Waals surface area (Å²) in [4.78, 5) is 11.8. The highest BCUT2D eigenvalue weighted by Crippen LogP contribution is 2.29. The quantitative estimate of drug-likeness (QED) is 0.575. The van der Waals surface area contributed by atoms with Gasteiger partial charge in [0.2, 0.25) is 0 Å². The lowest BCUT2D eigenvalue weighted by molar-refractivity contribution is -0.0927. The monoisotopic (exact) mass is 234 g/mol. The molecule has 1 heterocycles. The second kappa shape index (κ2) is 4.18. The molecule has 0 aliphatic heterocycles. The van der Waals surface area contributed by atoms with Crippen LogP contribution >= 0.6 is 11.3 Å². The average molecular weight is 234 g/mol. The van der Waals surface area contributed by atoms with Gasteiger partial charge in [-0.1, -0.05) is 6.58 Å². The highest BCUT2D eigenvalue weighted by molar-refractivity contribution is 7.12. The molecule has 1 aromatic rings. The number of thiophene rings is 1. The first-order chi connectivity index (χ1) is 6.82. The number of allylic oxidation sites excluding steroid dienone is 1. The van der Waals surface area contributed by atoms with E-state index < -0.39 is 24.0 Å². The van der Waals surface area contributed by atoms with Crippen molar-refractivity contribution in [1.29, 1.82) is 0 Å². The standard InChI is InChI=1S/C10H9F3OS/c1-6-3-4-15-9(6)8(14)5-7(2)10(11,12)13/h3-4H,2,5H2,1H3. The maximum atomic E-state index is 12.1. The summed E-state index contributed by atoms with van der Waals surface area (Å²) in [6, 6.07) is 1.70. The van der Waals surface area contributed by atoms with Gasteiger partial charge in [0.05, 0.1) is 4.88 Å². The number of rotatable bonds is 3. The molecule has 0 aromatic carbocycles. The molecule has 0 radical (unpaired) electrons. The van der Waals surface area contributed by atoms with Crippen LogP contribution in [0.5, 0.6) is 0 Å². The number of aryl methyl sites for hydroxylation is 1. The minimum Gasteiger partial charge on any atom is -0.293 e. The van der Waals surface area contributed by atoms with E-state index in [2.05, 4.69) is 6.58 Å². The minimum atomic E-state index is -4.49. The Morgan fingerprint density at radius 2 is 2.13 bits per heavy atom. The Bertz CT molecular complexity index is 390. The third-order valence-corrected chi connectivity index (χ3v) is 2.95. The number of Topliss-reactive ketones (excluding diaryl/α,β-unsaturated/α-hetero) is 1.